The van der Waals surface area contributed by atoms with E-state index < -0.39 is 0 Å². The second-order valence-corrected chi connectivity index (χ2v) is 5.23. The summed E-state index contributed by atoms with van der Waals surface area (Å²) >= 11 is 0. The number of nitrogens with two attached hydrogens (primary N) is 1. The molecule has 0 spiro atoms. The molecule has 1 fully saturated rings. The minimum absolute atomic E-state index is 0.658. The van der Waals surface area contributed by atoms with E-state index in [9.17, 15) is 0 Å². The summed E-state index contributed by atoms with van der Waals surface area (Å²) in [5, 5.41) is 0. The number of ether oxygens (including phenoxy) is 1. The van der Waals surface area contributed by atoms with Gasteiger partial charge in [-0.25, -0.2) is 10.8 Å². The summed E-state index contributed by atoms with van der Waals surface area (Å²) in [7, 11) is 0. The second kappa shape index (κ2) is 6.70. The first-order valence-corrected chi connectivity index (χ1v) is 7.21. The third-order valence-electron chi connectivity index (χ3n) is 3.78. The number of aromatic nitrogens is 2. The molecule has 5 heteroatoms. The second-order valence-electron chi connectivity index (χ2n) is 5.23. The zero-order chi connectivity index (χ0) is 13.7. The number of hydrogen-bond acceptors (Lipinski definition) is 5. The lowest BCUT2D eigenvalue weighted by molar-refractivity contribution is 0.201. The predicted molar refractivity (Wildman–Crippen MR) is 76.0 cm³/mol. The normalized spacial score (nSPS) is 16.4. The van der Waals surface area contributed by atoms with Gasteiger partial charge in [0.25, 0.3) is 0 Å². The SMILES string of the molecule is CCc1nc(NN)c(C)c(OCC2CCCCC2)n1. The van der Waals surface area contributed by atoms with Gasteiger partial charge in [0, 0.05) is 6.42 Å². The molecule has 0 aliphatic heterocycles. The van der Waals surface area contributed by atoms with E-state index >= 15 is 0 Å². The molecule has 1 aliphatic carbocycles. The number of rotatable bonds is 5. The van der Waals surface area contributed by atoms with E-state index in [1.165, 1.54) is 32.1 Å². The van der Waals surface area contributed by atoms with E-state index in [1.54, 1.807) is 0 Å². The number of hydrazine groups is 1. The molecule has 106 valence electrons. The number of nitrogen functional groups attached to an aromatic ring is 1. The van der Waals surface area contributed by atoms with Crippen LogP contribution < -0.4 is 16.0 Å². The van der Waals surface area contributed by atoms with Crippen molar-refractivity contribution in [3.63, 3.8) is 0 Å². The zero-order valence-corrected chi connectivity index (χ0v) is 11.9. The Bertz CT molecular complexity index is 416. The van der Waals surface area contributed by atoms with Crippen molar-refractivity contribution < 1.29 is 4.74 Å². The fourth-order valence-electron chi connectivity index (χ4n) is 2.53. The molecule has 2 rings (SSSR count). The highest BCUT2D eigenvalue weighted by Gasteiger charge is 2.16. The van der Waals surface area contributed by atoms with Gasteiger partial charge in [0.05, 0.1) is 12.2 Å². The Morgan fingerprint density at radius 1 is 1.26 bits per heavy atom. The van der Waals surface area contributed by atoms with Crippen molar-refractivity contribution in [2.45, 2.75) is 52.4 Å². The largest absolute Gasteiger partial charge is 0.477 e. The van der Waals surface area contributed by atoms with Crippen molar-refractivity contribution in [3.8, 4) is 5.88 Å². The zero-order valence-electron chi connectivity index (χ0n) is 11.9. The topological polar surface area (TPSA) is 73.1 Å². The van der Waals surface area contributed by atoms with Gasteiger partial charge in [-0.3, -0.25) is 0 Å². The Kier molecular flexibility index (Phi) is 4.96. The summed E-state index contributed by atoms with van der Waals surface area (Å²) in [5.74, 6) is 8.25. The molecule has 0 saturated heterocycles. The van der Waals surface area contributed by atoms with E-state index in [2.05, 4.69) is 15.4 Å². The lowest BCUT2D eigenvalue weighted by atomic mass is 9.90. The molecule has 0 aromatic carbocycles. The van der Waals surface area contributed by atoms with Crippen LogP contribution in [0, 0.1) is 12.8 Å². The Morgan fingerprint density at radius 2 is 2.00 bits per heavy atom. The molecule has 0 bridgehead atoms. The first kappa shape index (κ1) is 14.1. The summed E-state index contributed by atoms with van der Waals surface area (Å²) in [6.07, 6.45) is 7.33. The maximum absolute atomic E-state index is 5.91. The van der Waals surface area contributed by atoms with Crippen molar-refractivity contribution in [2.75, 3.05) is 12.0 Å². The van der Waals surface area contributed by atoms with Crippen molar-refractivity contribution in [1.29, 1.82) is 0 Å². The van der Waals surface area contributed by atoms with Crippen LogP contribution in [0.25, 0.3) is 0 Å². The van der Waals surface area contributed by atoms with Gasteiger partial charge in [-0.05, 0) is 25.7 Å². The van der Waals surface area contributed by atoms with Crippen molar-refractivity contribution in [3.05, 3.63) is 11.4 Å². The maximum atomic E-state index is 5.91. The Labute approximate surface area is 114 Å². The van der Waals surface area contributed by atoms with Crippen LogP contribution in [0.3, 0.4) is 0 Å². The van der Waals surface area contributed by atoms with E-state index in [-0.39, 0.29) is 0 Å². The van der Waals surface area contributed by atoms with Crippen molar-refractivity contribution in [1.82, 2.24) is 9.97 Å². The summed E-state index contributed by atoms with van der Waals surface area (Å²) in [6, 6.07) is 0. The van der Waals surface area contributed by atoms with E-state index in [0.717, 1.165) is 24.4 Å². The summed E-state index contributed by atoms with van der Waals surface area (Å²) in [4.78, 5) is 8.79. The van der Waals surface area contributed by atoms with Gasteiger partial charge in [-0.2, -0.15) is 4.98 Å². The molecule has 0 radical (unpaired) electrons. The molecule has 1 aliphatic rings. The smallest absolute Gasteiger partial charge is 0.221 e. The van der Waals surface area contributed by atoms with Crippen LogP contribution in [0.15, 0.2) is 0 Å². The number of aryl methyl sites for hydroxylation is 1. The standard InChI is InChI=1S/C14H24N4O/c1-3-12-16-13(18-15)10(2)14(17-12)19-9-11-7-5-4-6-8-11/h11H,3-9,15H2,1-2H3,(H,16,17,18). The fraction of sp³-hybridized carbons (Fsp3) is 0.714. The Hall–Kier alpha value is -1.36. The quantitative estimate of drug-likeness (QED) is 0.631. The number of anilines is 1. The van der Waals surface area contributed by atoms with Gasteiger partial charge in [-0.1, -0.05) is 26.2 Å². The lowest BCUT2D eigenvalue weighted by Gasteiger charge is -2.22. The average Bonchev–Trinajstić information content (AvgIpc) is 2.47. The van der Waals surface area contributed by atoms with Crippen LogP contribution in [0.1, 0.15) is 50.4 Å². The predicted octanol–water partition coefficient (Wildman–Crippen LogP) is 2.59. The highest BCUT2D eigenvalue weighted by atomic mass is 16.5. The monoisotopic (exact) mass is 264 g/mol. The molecule has 0 atom stereocenters. The summed E-state index contributed by atoms with van der Waals surface area (Å²) in [6.45, 7) is 4.71. The minimum Gasteiger partial charge on any atom is -0.477 e. The van der Waals surface area contributed by atoms with E-state index in [4.69, 9.17) is 10.6 Å². The van der Waals surface area contributed by atoms with Gasteiger partial charge in [0.1, 0.15) is 11.6 Å². The molecule has 1 heterocycles. The molecular weight excluding hydrogens is 240 g/mol. The van der Waals surface area contributed by atoms with Crippen LogP contribution >= 0.6 is 0 Å². The van der Waals surface area contributed by atoms with Crippen LogP contribution in [0.4, 0.5) is 5.82 Å². The number of hydrogen-bond donors (Lipinski definition) is 2. The highest BCUT2D eigenvalue weighted by Crippen LogP contribution is 2.26. The van der Waals surface area contributed by atoms with Crippen molar-refractivity contribution in [2.24, 2.45) is 11.8 Å². The van der Waals surface area contributed by atoms with Gasteiger partial charge in [-0.15, -0.1) is 0 Å². The maximum Gasteiger partial charge on any atom is 0.221 e. The fourth-order valence-corrected chi connectivity index (χ4v) is 2.53. The average molecular weight is 264 g/mol. The minimum atomic E-state index is 0.658. The van der Waals surface area contributed by atoms with E-state index in [0.29, 0.717) is 17.6 Å². The summed E-state index contributed by atoms with van der Waals surface area (Å²) in [5.41, 5.74) is 3.50. The molecule has 19 heavy (non-hydrogen) atoms. The third kappa shape index (κ3) is 3.56. The molecule has 1 saturated carbocycles. The van der Waals surface area contributed by atoms with Gasteiger partial charge in [0.15, 0.2) is 0 Å². The van der Waals surface area contributed by atoms with E-state index in [1.807, 2.05) is 13.8 Å². The molecule has 5 nitrogen and oxygen atoms in total. The van der Waals surface area contributed by atoms with Crippen LogP contribution in [0.2, 0.25) is 0 Å². The molecule has 0 unspecified atom stereocenters. The van der Waals surface area contributed by atoms with Gasteiger partial charge >= 0.3 is 0 Å². The van der Waals surface area contributed by atoms with Crippen LogP contribution in [-0.4, -0.2) is 16.6 Å². The lowest BCUT2D eigenvalue weighted by Crippen LogP contribution is -2.18. The van der Waals surface area contributed by atoms with Crippen molar-refractivity contribution >= 4 is 5.82 Å². The third-order valence-corrected chi connectivity index (χ3v) is 3.78. The van der Waals surface area contributed by atoms with Gasteiger partial charge < -0.3 is 10.2 Å². The number of nitrogens with zero attached hydrogens (tertiary/aromatic N) is 2. The highest BCUT2D eigenvalue weighted by molar-refractivity contribution is 5.47. The molecule has 1 aromatic heterocycles. The molecule has 1 aromatic rings. The molecule has 3 N–H and O–H groups in total. The Morgan fingerprint density at radius 3 is 2.63 bits per heavy atom. The molecular formula is C14H24N4O. The first-order chi connectivity index (χ1) is 9.24. The summed E-state index contributed by atoms with van der Waals surface area (Å²) < 4.78 is 5.91. The van der Waals surface area contributed by atoms with Crippen LogP contribution in [-0.2, 0) is 6.42 Å². The van der Waals surface area contributed by atoms with Crippen LogP contribution in [0.5, 0.6) is 5.88 Å². The molecule has 0 amide bonds. The number of nitrogens with one attached hydrogen (secondary N) is 1. The van der Waals surface area contributed by atoms with Gasteiger partial charge in [0.2, 0.25) is 5.88 Å². The first-order valence-electron chi connectivity index (χ1n) is 7.21. The Balaban J connectivity index is 2.05.